The summed E-state index contributed by atoms with van der Waals surface area (Å²) >= 11 is 0. The zero-order chi connectivity index (χ0) is 13.9. The molecule has 1 aromatic carbocycles. The van der Waals surface area contributed by atoms with Gasteiger partial charge in [-0.1, -0.05) is 13.0 Å². The van der Waals surface area contributed by atoms with Crippen molar-refractivity contribution in [3.63, 3.8) is 0 Å². The lowest BCUT2D eigenvalue weighted by Gasteiger charge is -2.32. The second-order valence-electron chi connectivity index (χ2n) is 5.61. The lowest BCUT2D eigenvalue weighted by molar-refractivity contribution is 0.204. The van der Waals surface area contributed by atoms with Crippen LogP contribution in [0.5, 0.6) is 0 Å². The SMILES string of the molecule is CCC1(C)CN(Cc2c(F)cccc2F)CCCN1. The van der Waals surface area contributed by atoms with Gasteiger partial charge in [0.05, 0.1) is 0 Å². The van der Waals surface area contributed by atoms with Crippen LogP contribution in [0, 0.1) is 11.6 Å². The van der Waals surface area contributed by atoms with Gasteiger partial charge in [-0.15, -0.1) is 0 Å². The van der Waals surface area contributed by atoms with Crippen LogP contribution in [0.2, 0.25) is 0 Å². The number of hydrogen-bond acceptors (Lipinski definition) is 2. The number of hydrogen-bond donors (Lipinski definition) is 1. The van der Waals surface area contributed by atoms with E-state index in [0.717, 1.165) is 32.5 Å². The summed E-state index contributed by atoms with van der Waals surface area (Å²) in [6.45, 7) is 7.30. The molecule has 1 unspecified atom stereocenters. The van der Waals surface area contributed by atoms with Crippen molar-refractivity contribution in [1.29, 1.82) is 0 Å². The van der Waals surface area contributed by atoms with E-state index in [9.17, 15) is 8.78 Å². The van der Waals surface area contributed by atoms with Crippen LogP contribution in [0.4, 0.5) is 8.78 Å². The van der Waals surface area contributed by atoms with Crippen molar-refractivity contribution >= 4 is 0 Å². The monoisotopic (exact) mass is 268 g/mol. The Morgan fingerprint density at radius 2 is 2.00 bits per heavy atom. The topological polar surface area (TPSA) is 15.3 Å². The molecule has 1 aliphatic rings. The zero-order valence-electron chi connectivity index (χ0n) is 11.7. The van der Waals surface area contributed by atoms with Crippen molar-refractivity contribution < 1.29 is 8.78 Å². The molecule has 0 aliphatic carbocycles. The van der Waals surface area contributed by atoms with E-state index in [4.69, 9.17) is 0 Å². The molecule has 19 heavy (non-hydrogen) atoms. The molecule has 1 aromatic rings. The molecule has 2 rings (SSSR count). The molecule has 1 saturated heterocycles. The van der Waals surface area contributed by atoms with E-state index in [2.05, 4.69) is 24.1 Å². The fourth-order valence-electron chi connectivity index (χ4n) is 2.60. The summed E-state index contributed by atoms with van der Waals surface area (Å²) in [6.07, 6.45) is 2.01. The first kappa shape index (κ1) is 14.4. The van der Waals surface area contributed by atoms with Gasteiger partial charge in [-0.25, -0.2) is 8.78 Å². The summed E-state index contributed by atoms with van der Waals surface area (Å²) in [6, 6.07) is 4.06. The van der Waals surface area contributed by atoms with Gasteiger partial charge in [0.2, 0.25) is 0 Å². The van der Waals surface area contributed by atoms with E-state index < -0.39 is 11.6 Å². The Morgan fingerprint density at radius 1 is 1.32 bits per heavy atom. The molecule has 0 saturated carbocycles. The van der Waals surface area contributed by atoms with E-state index in [1.54, 1.807) is 0 Å². The minimum absolute atomic E-state index is 0.0260. The number of nitrogens with one attached hydrogen (secondary N) is 1. The zero-order valence-corrected chi connectivity index (χ0v) is 11.7. The molecule has 1 atom stereocenters. The van der Waals surface area contributed by atoms with Crippen LogP contribution < -0.4 is 5.32 Å². The molecule has 0 aromatic heterocycles. The molecule has 0 radical (unpaired) electrons. The maximum absolute atomic E-state index is 13.7. The first-order valence-electron chi connectivity index (χ1n) is 6.94. The van der Waals surface area contributed by atoms with Crippen LogP contribution in [0.25, 0.3) is 0 Å². The van der Waals surface area contributed by atoms with E-state index in [-0.39, 0.29) is 11.1 Å². The summed E-state index contributed by atoms with van der Waals surface area (Å²) in [4.78, 5) is 2.14. The Balaban J connectivity index is 2.13. The molecule has 106 valence electrons. The molecule has 0 amide bonds. The van der Waals surface area contributed by atoms with Crippen LogP contribution in [0.15, 0.2) is 18.2 Å². The van der Waals surface area contributed by atoms with Gasteiger partial charge in [0.15, 0.2) is 0 Å². The summed E-state index contributed by atoms with van der Waals surface area (Å²) < 4.78 is 27.4. The molecule has 4 heteroatoms. The molecule has 0 bridgehead atoms. The van der Waals surface area contributed by atoms with Crippen molar-refractivity contribution in [2.75, 3.05) is 19.6 Å². The fourth-order valence-corrected chi connectivity index (χ4v) is 2.60. The largest absolute Gasteiger partial charge is 0.310 e. The smallest absolute Gasteiger partial charge is 0.130 e. The Hall–Kier alpha value is -1.00. The summed E-state index contributed by atoms with van der Waals surface area (Å²) in [7, 11) is 0. The average molecular weight is 268 g/mol. The van der Waals surface area contributed by atoms with Crippen molar-refractivity contribution in [2.45, 2.75) is 38.8 Å². The van der Waals surface area contributed by atoms with E-state index in [1.165, 1.54) is 18.2 Å². The van der Waals surface area contributed by atoms with E-state index >= 15 is 0 Å². The first-order chi connectivity index (χ1) is 9.04. The lowest BCUT2D eigenvalue weighted by atomic mass is 9.98. The Kier molecular flexibility index (Phi) is 4.53. The van der Waals surface area contributed by atoms with Crippen LogP contribution >= 0.6 is 0 Å². The molecular formula is C15H22F2N2. The average Bonchev–Trinajstić information content (AvgIpc) is 2.57. The standard InChI is InChI=1S/C15H22F2N2/c1-3-15(2)11-19(9-5-8-18-15)10-12-13(16)6-4-7-14(12)17/h4,6-7,18H,3,5,8-11H2,1-2H3. The normalized spacial score (nSPS) is 25.3. The highest BCUT2D eigenvalue weighted by molar-refractivity contribution is 5.19. The third-order valence-electron chi connectivity index (χ3n) is 4.00. The highest BCUT2D eigenvalue weighted by Crippen LogP contribution is 2.20. The van der Waals surface area contributed by atoms with Gasteiger partial charge in [0, 0.05) is 24.2 Å². The minimum atomic E-state index is -0.449. The number of nitrogens with zero attached hydrogens (tertiary/aromatic N) is 1. The van der Waals surface area contributed by atoms with Crippen LogP contribution in [-0.2, 0) is 6.54 Å². The molecular weight excluding hydrogens is 246 g/mol. The molecule has 1 N–H and O–H groups in total. The van der Waals surface area contributed by atoms with Gasteiger partial charge in [-0.2, -0.15) is 0 Å². The van der Waals surface area contributed by atoms with Crippen LogP contribution in [0.3, 0.4) is 0 Å². The Morgan fingerprint density at radius 3 is 2.63 bits per heavy atom. The Labute approximate surface area is 113 Å². The summed E-state index contributed by atoms with van der Waals surface area (Å²) in [5.41, 5.74) is 0.209. The van der Waals surface area contributed by atoms with Gasteiger partial charge < -0.3 is 5.32 Å². The second kappa shape index (κ2) is 5.97. The molecule has 1 fully saturated rings. The highest BCUT2D eigenvalue weighted by atomic mass is 19.1. The molecule has 2 nitrogen and oxygen atoms in total. The highest BCUT2D eigenvalue weighted by Gasteiger charge is 2.27. The van der Waals surface area contributed by atoms with Gasteiger partial charge in [0.25, 0.3) is 0 Å². The molecule has 1 aliphatic heterocycles. The summed E-state index contributed by atoms with van der Waals surface area (Å²) in [5, 5.41) is 3.52. The fraction of sp³-hybridized carbons (Fsp3) is 0.600. The summed E-state index contributed by atoms with van der Waals surface area (Å²) in [5.74, 6) is -0.897. The molecule has 0 spiro atoms. The van der Waals surface area contributed by atoms with Crippen molar-refractivity contribution in [1.82, 2.24) is 10.2 Å². The van der Waals surface area contributed by atoms with Gasteiger partial charge in [-0.3, -0.25) is 4.90 Å². The predicted octanol–water partition coefficient (Wildman–Crippen LogP) is 2.93. The quantitative estimate of drug-likeness (QED) is 0.906. The van der Waals surface area contributed by atoms with Crippen LogP contribution in [0.1, 0.15) is 32.3 Å². The van der Waals surface area contributed by atoms with Crippen molar-refractivity contribution in [2.24, 2.45) is 0 Å². The first-order valence-corrected chi connectivity index (χ1v) is 6.94. The predicted molar refractivity (Wildman–Crippen MR) is 73.0 cm³/mol. The Bertz CT molecular complexity index is 416. The lowest BCUT2D eigenvalue weighted by Crippen LogP contribution is -2.48. The maximum Gasteiger partial charge on any atom is 0.130 e. The number of rotatable bonds is 3. The van der Waals surface area contributed by atoms with Crippen molar-refractivity contribution in [3.8, 4) is 0 Å². The molecule has 1 heterocycles. The van der Waals surface area contributed by atoms with Gasteiger partial charge in [0.1, 0.15) is 11.6 Å². The van der Waals surface area contributed by atoms with Crippen molar-refractivity contribution in [3.05, 3.63) is 35.4 Å². The van der Waals surface area contributed by atoms with E-state index in [0.29, 0.717) is 6.54 Å². The number of halogens is 2. The second-order valence-corrected chi connectivity index (χ2v) is 5.61. The third kappa shape index (κ3) is 3.51. The van der Waals surface area contributed by atoms with E-state index in [1.807, 2.05) is 0 Å². The minimum Gasteiger partial charge on any atom is -0.310 e. The van der Waals surface area contributed by atoms with Crippen LogP contribution in [-0.4, -0.2) is 30.1 Å². The van der Waals surface area contributed by atoms with Gasteiger partial charge in [-0.05, 0) is 45.0 Å². The van der Waals surface area contributed by atoms with Gasteiger partial charge >= 0.3 is 0 Å². The third-order valence-corrected chi connectivity index (χ3v) is 4.00. The maximum atomic E-state index is 13.7. The number of benzene rings is 1.